The Balaban J connectivity index is 2.35. The van der Waals surface area contributed by atoms with Crippen LogP contribution in [0.15, 0.2) is 24.3 Å². The maximum Gasteiger partial charge on any atom is 0.327 e. The minimum Gasteiger partial charge on any atom is -0.478 e. The summed E-state index contributed by atoms with van der Waals surface area (Å²) >= 11 is 2.03. The van der Waals surface area contributed by atoms with E-state index in [2.05, 4.69) is 32.9 Å². The SMILES string of the molecule is CCCCC(C)(C)C(O)CC[C@H]1CSC[C@H]1CC=CCC=CC(=O)O. The van der Waals surface area contributed by atoms with Gasteiger partial charge in [0.1, 0.15) is 0 Å². The molecule has 1 heterocycles. The van der Waals surface area contributed by atoms with E-state index in [-0.39, 0.29) is 11.5 Å². The summed E-state index contributed by atoms with van der Waals surface area (Å²) in [5.74, 6) is 2.91. The van der Waals surface area contributed by atoms with Gasteiger partial charge in [-0.15, -0.1) is 0 Å². The van der Waals surface area contributed by atoms with Crippen LogP contribution in [0.4, 0.5) is 0 Å². The van der Waals surface area contributed by atoms with Crippen LogP contribution in [0.25, 0.3) is 0 Å². The highest BCUT2D eigenvalue weighted by Crippen LogP contribution is 2.38. The summed E-state index contributed by atoms with van der Waals surface area (Å²) < 4.78 is 0. The number of rotatable bonds is 12. The van der Waals surface area contributed by atoms with Gasteiger partial charge in [0.05, 0.1) is 6.10 Å². The highest BCUT2D eigenvalue weighted by molar-refractivity contribution is 7.99. The second kappa shape index (κ2) is 11.8. The maximum atomic E-state index is 10.6. The molecule has 0 radical (unpaired) electrons. The number of hydrogen-bond acceptors (Lipinski definition) is 3. The zero-order valence-corrected chi connectivity index (χ0v) is 16.9. The average Bonchev–Trinajstić information content (AvgIpc) is 3.01. The number of unbranched alkanes of at least 4 members (excludes halogenated alkanes) is 1. The van der Waals surface area contributed by atoms with Crippen molar-refractivity contribution in [2.24, 2.45) is 17.3 Å². The summed E-state index contributed by atoms with van der Waals surface area (Å²) in [7, 11) is 0. The number of thioether (sulfide) groups is 1. The summed E-state index contributed by atoms with van der Waals surface area (Å²) in [5.41, 5.74) is 0.0215. The Hall–Kier alpha value is -0.740. The molecule has 0 aliphatic carbocycles. The van der Waals surface area contributed by atoms with Crippen LogP contribution in [0.5, 0.6) is 0 Å². The van der Waals surface area contributed by atoms with Crippen LogP contribution in [-0.4, -0.2) is 33.8 Å². The molecule has 2 N–H and O–H groups in total. The molecule has 1 saturated heterocycles. The zero-order valence-electron chi connectivity index (χ0n) is 16.1. The van der Waals surface area contributed by atoms with E-state index in [1.807, 2.05) is 11.8 Å². The molecule has 144 valence electrons. The lowest BCUT2D eigenvalue weighted by molar-refractivity contribution is -0.131. The van der Waals surface area contributed by atoms with Crippen LogP contribution in [0.3, 0.4) is 0 Å². The molecule has 1 aliphatic rings. The van der Waals surface area contributed by atoms with Crippen LogP contribution in [0, 0.1) is 17.3 Å². The lowest BCUT2D eigenvalue weighted by Crippen LogP contribution is -2.30. The highest BCUT2D eigenvalue weighted by atomic mass is 32.2. The Kier molecular flexibility index (Phi) is 10.5. The van der Waals surface area contributed by atoms with Gasteiger partial charge in [0, 0.05) is 6.08 Å². The molecule has 0 aromatic carbocycles. The molecule has 1 rings (SSSR count). The number of aliphatic hydroxyl groups is 1. The molecule has 0 saturated carbocycles. The lowest BCUT2D eigenvalue weighted by atomic mass is 9.78. The van der Waals surface area contributed by atoms with Gasteiger partial charge >= 0.3 is 5.97 Å². The molecule has 0 bridgehead atoms. The average molecular weight is 369 g/mol. The molecule has 0 aromatic rings. The van der Waals surface area contributed by atoms with Gasteiger partial charge in [0.2, 0.25) is 0 Å². The zero-order chi connectivity index (χ0) is 18.7. The van der Waals surface area contributed by atoms with Crippen LogP contribution in [0.2, 0.25) is 0 Å². The topological polar surface area (TPSA) is 57.5 Å². The van der Waals surface area contributed by atoms with Crippen molar-refractivity contribution in [2.75, 3.05) is 11.5 Å². The van der Waals surface area contributed by atoms with Crippen LogP contribution < -0.4 is 0 Å². The van der Waals surface area contributed by atoms with Crippen molar-refractivity contribution in [3.63, 3.8) is 0 Å². The Morgan fingerprint density at radius 2 is 1.96 bits per heavy atom. The molecule has 0 amide bonds. The van der Waals surface area contributed by atoms with Gasteiger partial charge in [-0.1, -0.05) is 51.8 Å². The maximum absolute atomic E-state index is 10.6. The lowest BCUT2D eigenvalue weighted by Gasteiger charge is -2.31. The third-order valence-electron chi connectivity index (χ3n) is 5.36. The van der Waals surface area contributed by atoms with E-state index in [1.165, 1.54) is 30.4 Å². The van der Waals surface area contributed by atoms with Crippen LogP contribution in [-0.2, 0) is 4.79 Å². The fourth-order valence-corrected chi connectivity index (χ4v) is 4.99. The molecule has 0 aromatic heterocycles. The summed E-state index contributed by atoms with van der Waals surface area (Å²) in [4.78, 5) is 10.4. The number of carbonyl (C=O) groups is 1. The van der Waals surface area contributed by atoms with Crippen molar-refractivity contribution in [2.45, 2.75) is 71.8 Å². The van der Waals surface area contributed by atoms with Crippen molar-refractivity contribution in [1.82, 2.24) is 0 Å². The first-order valence-corrected chi connectivity index (χ1v) is 10.8. The van der Waals surface area contributed by atoms with Gasteiger partial charge in [0.25, 0.3) is 0 Å². The summed E-state index contributed by atoms with van der Waals surface area (Å²) in [6, 6.07) is 0. The Labute approximate surface area is 158 Å². The summed E-state index contributed by atoms with van der Waals surface area (Å²) in [6.07, 6.45) is 14.1. The summed E-state index contributed by atoms with van der Waals surface area (Å²) in [6.45, 7) is 6.59. The Morgan fingerprint density at radius 3 is 2.64 bits per heavy atom. The predicted octanol–water partition coefficient (Wildman–Crippen LogP) is 5.30. The van der Waals surface area contributed by atoms with Gasteiger partial charge in [0.15, 0.2) is 0 Å². The van der Waals surface area contributed by atoms with Crippen molar-refractivity contribution < 1.29 is 15.0 Å². The monoisotopic (exact) mass is 368 g/mol. The van der Waals surface area contributed by atoms with E-state index >= 15 is 0 Å². The van der Waals surface area contributed by atoms with E-state index < -0.39 is 5.97 Å². The van der Waals surface area contributed by atoms with Crippen LogP contribution in [0.1, 0.15) is 65.7 Å². The van der Waals surface area contributed by atoms with Crippen molar-refractivity contribution in [3.8, 4) is 0 Å². The molecule has 0 spiro atoms. The first kappa shape index (κ1) is 22.3. The Bertz CT molecular complexity index is 442. The van der Waals surface area contributed by atoms with E-state index in [0.717, 1.165) is 25.7 Å². The quantitative estimate of drug-likeness (QED) is 0.362. The van der Waals surface area contributed by atoms with Gasteiger partial charge in [-0.25, -0.2) is 4.79 Å². The van der Waals surface area contributed by atoms with Gasteiger partial charge in [-0.3, -0.25) is 0 Å². The normalized spacial score (nSPS) is 22.9. The smallest absolute Gasteiger partial charge is 0.327 e. The largest absolute Gasteiger partial charge is 0.478 e. The fraction of sp³-hybridized carbons (Fsp3) is 0.762. The number of carboxylic acids is 1. The number of carboxylic acid groups (broad SMARTS) is 1. The highest BCUT2D eigenvalue weighted by Gasteiger charge is 2.31. The Morgan fingerprint density at radius 1 is 1.24 bits per heavy atom. The molecular formula is C21H36O3S. The molecule has 1 fully saturated rings. The van der Waals surface area contributed by atoms with E-state index in [0.29, 0.717) is 18.3 Å². The minimum absolute atomic E-state index is 0.0215. The van der Waals surface area contributed by atoms with Gasteiger partial charge in [-0.05, 0) is 60.9 Å². The first-order valence-electron chi connectivity index (χ1n) is 9.67. The van der Waals surface area contributed by atoms with Crippen LogP contribution >= 0.6 is 11.8 Å². The summed E-state index contributed by atoms with van der Waals surface area (Å²) in [5, 5.41) is 19.1. The molecule has 1 aliphatic heterocycles. The van der Waals surface area contributed by atoms with E-state index in [1.54, 1.807) is 6.08 Å². The van der Waals surface area contributed by atoms with Crippen molar-refractivity contribution >= 4 is 17.7 Å². The molecule has 4 heteroatoms. The molecule has 25 heavy (non-hydrogen) atoms. The van der Waals surface area contributed by atoms with Gasteiger partial charge < -0.3 is 10.2 Å². The number of hydrogen-bond donors (Lipinski definition) is 2. The van der Waals surface area contributed by atoms with Crippen molar-refractivity contribution in [1.29, 1.82) is 0 Å². The standard InChI is InChI=1S/C21H36O3S/c1-4-5-14-21(2,3)19(22)13-12-18-16-25-15-17(18)10-8-6-7-9-11-20(23)24/h6,8-9,11,17-19,22H,4-5,7,10,12-16H2,1-3H3,(H,23,24)/t17-,18+,19?/m1/s1. The molecular weight excluding hydrogens is 332 g/mol. The van der Waals surface area contributed by atoms with Crippen molar-refractivity contribution in [3.05, 3.63) is 24.3 Å². The predicted molar refractivity (Wildman–Crippen MR) is 108 cm³/mol. The van der Waals surface area contributed by atoms with Gasteiger partial charge in [-0.2, -0.15) is 11.8 Å². The first-order chi connectivity index (χ1) is 11.9. The minimum atomic E-state index is -0.888. The molecule has 3 nitrogen and oxygen atoms in total. The van der Waals surface area contributed by atoms with E-state index in [9.17, 15) is 9.90 Å². The second-order valence-corrected chi connectivity index (χ2v) is 9.00. The second-order valence-electron chi connectivity index (χ2n) is 7.93. The third kappa shape index (κ3) is 8.96. The van der Waals surface area contributed by atoms with E-state index in [4.69, 9.17) is 5.11 Å². The third-order valence-corrected chi connectivity index (χ3v) is 6.68. The fourth-order valence-electron chi connectivity index (χ4n) is 3.40. The number of aliphatic carboxylic acids is 1. The molecule has 3 atom stereocenters. The molecule has 1 unspecified atom stereocenters. The number of aliphatic hydroxyl groups excluding tert-OH is 1. The number of allylic oxidation sites excluding steroid dienone is 3.